The molecule has 1 aromatic heterocycles. The highest BCUT2D eigenvalue weighted by Gasteiger charge is 2.21. The molecule has 0 aliphatic heterocycles. The van der Waals surface area contributed by atoms with Gasteiger partial charge in [0.1, 0.15) is 0 Å². The highest BCUT2D eigenvalue weighted by Crippen LogP contribution is 2.27. The highest BCUT2D eigenvalue weighted by molar-refractivity contribution is 7.07. The second-order valence-electron chi connectivity index (χ2n) is 5.02. The average Bonchev–Trinajstić information content (AvgIpc) is 2.80. The number of thiophene rings is 1. The maximum Gasteiger partial charge on any atom is 0.00698 e. The quantitative estimate of drug-likeness (QED) is 0.820. The standard InChI is InChI=1S/C14H23NS/c1-2-7-15-14-5-3-4-12(10-14)9-13-6-8-16-11-13/h6,8,11-12,14-15H,2-5,7,9-10H2,1H3. The molecule has 1 saturated carbocycles. The molecule has 0 amide bonds. The van der Waals surface area contributed by atoms with Crippen LogP contribution >= 0.6 is 11.3 Å². The third-order valence-corrected chi connectivity index (χ3v) is 4.30. The Bertz CT molecular complexity index is 281. The first kappa shape index (κ1) is 12.1. The lowest BCUT2D eigenvalue weighted by Gasteiger charge is -2.29. The number of hydrogen-bond donors (Lipinski definition) is 1. The molecule has 1 aliphatic carbocycles. The van der Waals surface area contributed by atoms with Gasteiger partial charge in [0, 0.05) is 6.04 Å². The molecule has 1 aromatic rings. The average molecular weight is 237 g/mol. The van der Waals surface area contributed by atoms with Gasteiger partial charge in [0.2, 0.25) is 0 Å². The Morgan fingerprint density at radius 1 is 1.44 bits per heavy atom. The summed E-state index contributed by atoms with van der Waals surface area (Å²) in [4.78, 5) is 0. The number of rotatable bonds is 5. The van der Waals surface area contributed by atoms with E-state index in [0.717, 1.165) is 12.0 Å². The zero-order valence-electron chi connectivity index (χ0n) is 10.2. The minimum absolute atomic E-state index is 0.789. The van der Waals surface area contributed by atoms with Crippen LogP contribution in [0.2, 0.25) is 0 Å². The van der Waals surface area contributed by atoms with Crippen molar-refractivity contribution in [1.82, 2.24) is 5.32 Å². The fraction of sp³-hybridized carbons (Fsp3) is 0.714. The summed E-state index contributed by atoms with van der Waals surface area (Å²) >= 11 is 1.83. The summed E-state index contributed by atoms with van der Waals surface area (Å²) < 4.78 is 0. The van der Waals surface area contributed by atoms with E-state index in [0.29, 0.717) is 0 Å². The van der Waals surface area contributed by atoms with Gasteiger partial charge in [0.15, 0.2) is 0 Å². The van der Waals surface area contributed by atoms with E-state index in [9.17, 15) is 0 Å². The van der Waals surface area contributed by atoms with E-state index >= 15 is 0 Å². The zero-order chi connectivity index (χ0) is 11.2. The third kappa shape index (κ3) is 3.60. The molecule has 1 N–H and O–H groups in total. The fourth-order valence-corrected chi connectivity index (χ4v) is 3.43. The second kappa shape index (κ2) is 6.41. The van der Waals surface area contributed by atoms with E-state index in [-0.39, 0.29) is 0 Å². The van der Waals surface area contributed by atoms with Gasteiger partial charge in [-0.1, -0.05) is 19.8 Å². The minimum atomic E-state index is 0.789. The lowest BCUT2D eigenvalue weighted by Crippen LogP contribution is -2.35. The Morgan fingerprint density at radius 3 is 3.12 bits per heavy atom. The number of nitrogens with one attached hydrogen (secondary N) is 1. The molecule has 1 heterocycles. The first-order chi connectivity index (χ1) is 7.88. The van der Waals surface area contributed by atoms with Crippen LogP contribution in [0.4, 0.5) is 0 Å². The lowest BCUT2D eigenvalue weighted by atomic mass is 9.82. The van der Waals surface area contributed by atoms with Crippen molar-refractivity contribution < 1.29 is 0 Å². The SMILES string of the molecule is CCCNC1CCCC(Cc2ccsc2)C1. The summed E-state index contributed by atoms with van der Waals surface area (Å²) in [7, 11) is 0. The molecule has 2 rings (SSSR count). The molecule has 90 valence electrons. The maximum absolute atomic E-state index is 3.68. The molecule has 1 aliphatic rings. The van der Waals surface area contributed by atoms with Crippen LogP contribution in [0.3, 0.4) is 0 Å². The Balaban J connectivity index is 1.77. The van der Waals surface area contributed by atoms with E-state index in [4.69, 9.17) is 0 Å². The van der Waals surface area contributed by atoms with Crippen molar-refractivity contribution >= 4 is 11.3 Å². The van der Waals surface area contributed by atoms with E-state index in [1.165, 1.54) is 45.1 Å². The molecule has 2 atom stereocenters. The van der Waals surface area contributed by atoms with E-state index in [1.807, 2.05) is 11.3 Å². The normalized spacial score (nSPS) is 25.8. The van der Waals surface area contributed by atoms with Gasteiger partial charge in [-0.15, -0.1) is 0 Å². The Morgan fingerprint density at radius 2 is 2.38 bits per heavy atom. The van der Waals surface area contributed by atoms with Gasteiger partial charge >= 0.3 is 0 Å². The van der Waals surface area contributed by atoms with E-state index < -0.39 is 0 Å². The van der Waals surface area contributed by atoms with Crippen molar-refractivity contribution in [3.05, 3.63) is 22.4 Å². The van der Waals surface area contributed by atoms with Crippen LogP contribution in [0.1, 0.15) is 44.6 Å². The van der Waals surface area contributed by atoms with Crippen LogP contribution in [0.15, 0.2) is 16.8 Å². The first-order valence-electron chi connectivity index (χ1n) is 6.63. The van der Waals surface area contributed by atoms with Crippen LogP contribution < -0.4 is 5.32 Å². The van der Waals surface area contributed by atoms with Gasteiger partial charge in [0.25, 0.3) is 0 Å². The summed E-state index contributed by atoms with van der Waals surface area (Å²) in [6.07, 6.45) is 8.17. The highest BCUT2D eigenvalue weighted by atomic mass is 32.1. The molecule has 0 saturated heterocycles. The summed E-state index contributed by atoms with van der Waals surface area (Å²) in [5.41, 5.74) is 1.55. The molecule has 0 radical (unpaired) electrons. The predicted octanol–water partition coefficient (Wildman–Crippen LogP) is 3.85. The van der Waals surface area contributed by atoms with Crippen molar-refractivity contribution in [3.8, 4) is 0 Å². The predicted molar refractivity (Wildman–Crippen MR) is 72.1 cm³/mol. The Hall–Kier alpha value is -0.340. The molecule has 16 heavy (non-hydrogen) atoms. The lowest BCUT2D eigenvalue weighted by molar-refractivity contribution is 0.284. The van der Waals surface area contributed by atoms with Gasteiger partial charge < -0.3 is 5.32 Å². The van der Waals surface area contributed by atoms with Crippen LogP contribution in [0, 0.1) is 5.92 Å². The monoisotopic (exact) mass is 237 g/mol. The molecule has 2 heteroatoms. The van der Waals surface area contributed by atoms with Crippen molar-refractivity contribution in [2.24, 2.45) is 5.92 Å². The van der Waals surface area contributed by atoms with Crippen molar-refractivity contribution in [1.29, 1.82) is 0 Å². The first-order valence-corrected chi connectivity index (χ1v) is 7.57. The molecule has 2 unspecified atom stereocenters. The van der Waals surface area contributed by atoms with Crippen molar-refractivity contribution in [2.45, 2.75) is 51.5 Å². The summed E-state index contributed by atoms with van der Waals surface area (Å²) in [5, 5.41) is 8.19. The third-order valence-electron chi connectivity index (χ3n) is 3.57. The fourth-order valence-electron chi connectivity index (χ4n) is 2.75. The van der Waals surface area contributed by atoms with Crippen molar-refractivity contribution in [2.75, 3.05) is 6.54 Å². The van der Waals surface area contributed by atoms with Gasteiger partial charge in [-0.05, 0) is 60.5 Å². The van der Waals surface area contributed by atoms with E-state index in [2.05, 4.69) is 29.1 Å². The van der Waals surface area contributed by atoms with Gasteiger partial charge in [-0.3, -0.25) is 0 Å². The zero-order valence-corrected chi connectivity index (χ0v) is 11.1. The van der Waals surface area contributed by atoms with Crippen molar-refractivity contribution in [3.63, 3.8) is 0 Å². The molecule has 1 nitrogen and oxygen atoms in total. The van der Waals surface area contributed by atoms with Gasteiger partial charge in [-0.2, -0.15) is 11.3 Å². The largest absolute Gasteiger partial charge is 0.314 e. The molecular weight excluding hydrogens is 214 g/mol. The molecule has 0 spiro atoms. The molecular formula is C14H23NS. The summed E-state index contributed by atoms with van der Waals surface area (Å²) in [5.74, 6) is 0.915. The second-order valence-corrected chi connectivity index (χ2v) is 5.80. The molecule has 0 bridgehead atoms. The van der Waals surface area contributed by atoms with E-state index in [1.54, 1.807) is 5.56 Å². The minimum Gasteiger partial charge on any atom is -0.314 e. The van der Waals surface area contributed by atoms with Gasteiger partial charge in [-0.25, -0.2) is 0 Å². The number of hydrogen-bond acceptors (Lipinski definition) is 2. The Labute approximate surface area is 103 Å². The van der Waals surface area contributed by atoms with Crippen LogP contribution in [-0.2, 0) is 6.42 Å². The summed E-state index contributed by atoms with van der Waals surface area (Å²) in [6.45, 7) is 3.44. The smallest absolute Gasteiger partial charge is 0.00698 e. The van der Waals surface area contributed by atoms with Crippen LogP contribution in [-0.4, -0.2) is 12.6 Å². The topological polar surface area (TPSA) is 12.0 Å². The Kier molecular flexibility index (Phi) is 4.86. The van der Waals surface area contributed by atoms with Crippen LogP contribution in [0.5, 0.6) is 0 Å². The molecule has 1 fully saturated rings. The maximum atomic E-state index is 3.68. The van der Waals surface area contributed by atoms with Gasteiger partial charge in [0.05, 0.1) is 0 Å². The summed E-state index contributed by atoms with van der Waals surface area (Å²) in [6, 6.07) is 3.07. The molecule has 0 aromatic carbocycles. The van der Waals surface area contributed by atoms with Crippen LogP contribution in [0.25, 0.3) is 0 Å².